The molecule has 0 aliphatic heterocycles. The lowest BCUT2D eigenvalue weighted by Gasteiger charge is -2.11. The van der Waals surface area contributed by atoms with E-state index in [-0.39, 0.29) is 17.5 Å². The molecule has 1 aliphatic carbocycles. The molecule has 0 bridgehead atoms. The molecule has 0 spiro atoms. The van der Waals surface area contributed by atoms with Crippen molar-refractivity contribution in [3.63, 3.8) is 0 Å². The van der Waals surface area contributed by atoms with Crippen LogP contribution in [0.5, 0.6) is 0 Å². The van der Waals surface area contributed by atoms with E-state index >= 15 is 0 Å². The molecule has 2 atom stereocenters. The summed E-state index contributed by atoms with van der Waals surface area (Å²) < 4.78 is 7.39. The molecular formula is C19H20N4O3. The molecule has 7 nitrogen and oxygen atoms in total. The Kier molecular flexibility index (Phi) is 4.08. The number of hydrogen-bond donors (Lipinski definition) is 2. The van der Waals surface area contributed by atoms with Crippen molar-refractivity contribution in [1.82, 2.24) is 14.8 Å². The third-order valence-electron chi connectivity index (χ3n) is 4.77. The van der Waals surface area contributed by atoms with Gasteiger partial charge in [0.2, 0.25) is 5.82 Å². The van der Waals surface area contributed by atoms with Gasteiger partial charge in [0.25, 0.3) is 0 Å². The first-order valence-corrected chi connectivity index (χ1v) is 8.64. The monoisotopic (exact) mass is 352 g/mol. The second-order valence-electron chi connectivity index (χ2n) is 6.74. The molecule has 1 fully saturated rings. The third-order valence-corrected chi connectivity index (χ3v) is 4.77. The summed E-state index contributed by atoms with van der Waals surface area (Å²) in [4.78, 5) is 16.0. The number of carboxylic acids is 1. The van der Waals surface area contributed by atoms with Crippen LogP contribution in [0.4, 0.5) is 0 Å². The number of hydrogen-bond acceptors (Lipinski definition) is 5. The van der Waals surface area contributed by atoms with Gasteiger partial charge in [0.15, 0.2) is 5.76 Å². The number of aromatic nitrogens is 3. The van der Waals surface area contributed by atoms with Crippen LogP contribution < -0.4 is 5.73 Å². The van der Waals surface area contributed by atoms with Crippen LogP contribution in [0, 0.1) is 6.92 Å². The number of aromatic carboxylic acids is 1. The lowest BCUT2D eigenvalue weighted by molar-refractivity contribution is 0.0697. The predicted octanol–water partition coefficient (Wildman–Crippen LogP) is 3.13. The van der Waals surface area contributed by atoms with Gasteiger partial charge in [-0.05, 0) is 56.5 Å². The van der Waals surface area contributed by atoms with Crippen LogP contribution in [-0.4, -0.2) is 31.9 Å². The van der Waals surface area contributed by atoms with Gasteiger partial charge in [0.1, 0.15) is 11.6 Å². The van der Waals surface area contributed by atoms with Gasteiger partial charge >= 0.3 is 5.97 Å². The van der Waals surface area contributed by atoms with E-state index in [4.69, 9.17) is 15.1 Å². The molecule has 0 unspecified atom stereocenters. The Morgan fingerprint density at radius 3 is 2.81 bits per heavy atom. The van der Waals surface area contributed by atoms with Gasteiger partial charge in [-0.25, -0.2) is 14.5 Å². The summed E-state index contributed by atoms with van der Waals surface area (Å²) >= 11 is 0. The fraction of sp³-hybridized carbons (Fsp3) is 0.316. The molecule has 0 amide bonds. The van der Waals surface area contributed by atoms with E-state index in [1.807, 2.05) is 25.1 Å². The molecular weight excluding hydrogens is 332 g/mol. The number of nitrogens with two attached hydrogens (primary N) is 1. The van der Waals surface area contributed by atoms with Crippen molar-refractivity contribution in [3.8, 4) is 17.3 Å². The summed E-state index contributed by atoms with van der Waals surface area (Å²) in [5.74, 6) is 1.89. The van der Waals surface area contributed by atoms with Gasteiger partial charge in [-0.1, -0.05) is 6.07 Å². The van der Waals surface area contributed by atoms with Crippen LogP contribution >= 0.6 is 0 Å². The maximum absolute atomic E-state index is 11.3. The van der Waals surface area contributed by atoms with Crippen LogP contribution in [0.3, 0.4) is 0 Å². The predicted molar refractivity (Wildman–Crippen MR) is 95.3 cm³/mol. The highest BCUT2D eigenvalue weighted by Crippen LogP contribution is 2.35. The average Bonchev–Trinajstić information content (AvgIpc) is 3.34. The average molecular weight is 352 g/mol. The normalized spacial score (nSPS) is 19.8. The number of benzene rings is 1. The van der Waals surface area contributed by atoms with Crippen LogP contribution in [0.25, 0.3) is 17.3 Å². The van der Waals surface area contributed by atoms with Crippen LogP contribution in [0.15, 0.2) is 40.8 Å². The summed E-state index contributed by atoms with van der Waals surface area (Å²) in [6.45, 7) is 1.87. The first-order valence-electron chi connectivity index (χ1n) is 8.64. The first-order chi connectivity index (χ1) is 12.5. The minimum atomic E-state index is -0.974. The molecule has 1 aliphatic rings. The minimum Gasteiger partial charge on any atom is -0.478 e. The summed E-state index contributed by atoms with van der Waals surface area (Å²) in [5, 5.41) is 13.9. The maximum atomic E-state index is 11.3. The Morgan fingerprint density at radius 1 is 1.31 bits per heavy atom. The first kappa shape index (κ1) is 16.5. The zero-order chi connectivity index (χ0) is 18.3. The van der Waals surface area contributed by atoms with E-state index in [0.29, 0.717) is 17.3 Å². The molecule has 0 radical (unpaired) electrons. The number of furan rings is 1. The zero-order valence-electron chi connectivity index (χ0n) is 14.4. The van der Waals surface area contributed by atoms with Crippen LogP contribution in [-0.2, 0) is 0 Å². The highest BCUT2D eigenvalue weighted by Gasteiger charge is 2.29. The molecule has 134 valence electrons. The van der Waals surface area contributed by atoms with Crippen molar-refractivity contribution >= 4 is 5.97 Å². The fourth-order valence-electron chi connectivity index (χ4n) is 3.46. The van der Waals surface area contributed by atoms with Crippen molar-refractivity contribution in [1.29, 1.82) is 0 Å². The summed E-state index contributed by atoms with van der Waals surface area (Å²) in [6.07, 6.45) is 2.73. The highest BCUT2D eigenvalue weighted by atomic mass is 16.4. The Balaban J connectivity index is 1.82. The lowest BCUT2D eigenvalue weighted by atomic mass is 10.1. The number of rotatable bonds is 4. The number of carboxylic acid groups (broad SMARTS) is 1. The van der Waals surface area contributed by atoms with Gasteiger partial charge < -0.3 is 15.3 Å². The second kappa shape index (κ2) is 6.42. The fourth-order valence-corrected chi connectivity index (χ4v) is 3.46. The zero-order valence-corrected chi connectivity index (χ0v) is 14.4. The van der Waals surface area contributed by atoms with E-state index in [9.17, 15) is 9.90 Å². The quantitative estimate of drug-likeness (QED) is 0.747. The standard InChI is InChI=1S/C19H20N4O3/c1-11-5-8-16(26-11)17-21-18(12-6-7-14(20)9-12)23(22-17)15-4-2-3-13(10-15)19(24)25/h2-5,8,10,12,14H,6-7,9,20H2,1H3,(H,24,25)/t12-,14+/m0/s1. The molecule has 1 aromatic carbocycles. The van der Waals surface area contributed by atoms with Crippen molar-refractivity contribution in [2.24, 2.45) is 5.73 Å². The molecule has 7 heteroatoms. The van der Waals surface area contributed by atoms with Gasteiger partial charge in [-0.3, -0.25) is 0 Å². The molecule has 4 rings (SSSR count). The smallest absolute Gasteiger partial charge is 0.335 e. The highest BCUT2D eigenvalue weighted by molar-refractivity contribution is 5.88. The Bertz CT molecular complexity index is 959. The molecule has 0 saturated heterocycles. The maximum Gasteiger partial charge on any atom is 0.335 e. The summed E-state index contributed by atoms with van der Waals surface area (Å²) in [5.41, 5.74) is 6.96. The van der Waals surface area contributed by atoms with Crippen LogP contribution in [0.1, 0.15) is 47.1 Å². The number of nitrogens with zero attached hydrogens (tertiary/aromatic N) is 3. The van der Waals surface area contributed by atoms with E-state index in [1.54, 1.807) is 22.9 Å². The topological polar surface area (TPSA) is 107 Å². The van der Waals surface area contributed by atoms with E-state index in [2.05, 4.69) is 5.10 Å². The minimum absolute atomic E-state index is 0.157. The van der Waals surface area contributed by atoms with E-state index < -0.39 is 5.97 Å². The molecule has 3 N–H and O–H groups in total. The summed E-state index contributed by atoms with van der Waals surface area (Å²) in [7, 11) is 0. The Morgan fingerprint density at radius 2 is 2.15 bits per heavy atom. The molecule has 2 aromatic heterocycles. The van der Waals surface area contributed by atoms with Gasteiger partial charge in [0, 0.05) is 12.0 Å². The molecule has 3 aromatic rings. The number of carbonyl (C=O) groups is 1. The van der Waals surface area contributed by atoms with E-state index in [0.717, 1.165) is 30.8 Å². The number of aryl methyl sites for hydroxylation is 1. The van der Waals surface area contributed by atoms with Crippen molar-refractivity contribution in [2.45, 2.75) is 38.1 Å². The van der Waals surface area contributed by atoms with Crippen molar-refractivity contribution in [2.75, 3.05) is 0 Å². The van der Waals surface area contributed by atoms with Crippen LogP contribution in [0.2, 0.25) is 0 Å². The Hall–Kier alpha value is -2.93. The SMILES string of the molecule is Cc1ccc(-c2nc([C@H]3CC[C@@H](N)C3)n(-c3cccc(C(=O)O)c3)n2)o1. The second-order valence-corrected chi connectivity index (χ2v) is 6.74. The van der Waals surface area contributed by atoms with Crippen molar-refractivity contribution in [3.05, 3.63) is 53.5 Å². The molecule has 1 saturated carbocycles. The van der Waals surface area contributed by atoms with Crippen molar-refractivity contribution < 1.29 is 14.3 Å². The van der Waals surface area contributed by atoms with Gasteiger partial charge in [0.05, 0.1) is 11.3 Å². The third kappa shape index (κ3) is 3.01. The lowest BCUT2D eigenvalue weighted by Crippen LogP contribution is -2.15. The Labute approximate surface area is 150 Å². The summed E-state index contributed by atoms with van der Waals surface area (Å²) in [6, 6.07) is 10.6. The van der Waals surface area contributed by atoms with Gasteiger partial charge in [-0.2, -0.15) is 0 Å². The largest absolute Gasteiger partial charge is 0.478 e. The van der Waals surface area contributed by atoms with E-state index in [1.165, 1.54) is 0 Å². The molecule has 2 heterocycles. The molecule has 26 heavy (non-hydrogen) atoms. The van der Waals surface area contributed by atoms with Gasteiger partial charge in [-0.15, -0.1) is 5.10 Å².